The fourth-order valence-corrected chi connectivity index (χ4v) is 3.36. The number of hydrazine groups is 1. The summed E-state index contributed by atoms with van der Waals surface area (Å²) < 4.78 is 13.1. The number of carbonyl (C=O) groups is 2. The van der Waals surface area contributed by atoms with E-state index in [1.165, 1.54) is 35.5 Å². The van der Waals surface area contributed by atoms with Gasteiger partial charge in [-0.3, -0.25) is 9.59 Å². The molecule has 3 rings (SSSR count). The zero-order chi connectivity index (χ0) is 19.2. The first-order valence-corrected chi connectivity index (χ1v) is 9.58. The summed E-state index contributed by atoms with van der Waals surface area (Å²) in [6, 6.07) is 13.3. The second kappa shape index (κ2) is 8.98. The average molecular weight is 388 g/mol. The number of rotatable bonds is 6. The zero-order valence-corrected chi connectivity index (χ0v) is 15.6. The summed E-state index contributed by atoms with van der Waals surface area (Å²) in [5.74, 6) is -0.704. The van der Waals surface area contributed by atoms with Gasteiger partial charge >= 0.3 is 0 Å². The number of anilines is 1. The number of amides is 2. The predicted octanol–water partition coefficient (Wildman–Crippen LogP) is 1.92. The van der Waals surface area contributed by atoms with Gasteiger partial charge in [0.2, 0.25) is 11.8 Å². The number of hydrogen-bond acceptors (Lipinski definition) is 5. The van der Waals surface area contributed by atoms with Gasteiger partial charge in [-0.1, -0.05) is 35.9 Å². The summed E-state index contributed by atoms with van der Waals surface area (Å²) in [7, 11) is 0. The van der Waals surface area contributed by atoms with Gasteiger partial charge in [0, 0.05) is 5.69 Å². The molecule has 142 valence electrons. The van der Waals surface area contributed by atoms with Crippen LogP contribution in [0.25, 0.3) is 0 Å². The van der Waals surface area contributed by atoms with Gasteiger partial charge in [0.25, 0.3) is 0 Å². The molecule has 2 aromatic rings. The third-order valence-corrected chi connectivity index (χ3v) is 5.03. The molecule has 0 spiro atoms. The highest BCUT2D eigenvalue weighted by Crippen LogP contribution is 2.13. The van der Waals surface area contributed by atoms with E-state index in [-0.39, 0.29) is 23.6 Å². The van der Waals surface area contributed by atoms with Gasteiger partial charge in [0.15, 0.2) is 0 Å². The lowest BCUT2D eigenvalue weighted by Crippen LogP contribution is -2.64. The lowest BCUT2D eigenvalue weighted by molar-refractivity contribution is -0.125. The molecule has 0 saturated carbocycles. The molecule has 27 heavy (non-hydrogen) atoms. The number of nitrogens with one attached hydrogen (secondary N) is 4. The molecule has 4 N–H and O–H groups in total. The second-order valence-corrected chi connectivity index (χ2v) is 7.38. The van der Waals surface area contributed by atoms with Crippen LogP contribution in [0.15, 0.2) is 48.5 Å². The number of benzene rings is 2. The molecule has 1 aliphatic heterocycles. The fraction of sp³-hybridized carbons (Fsp3) is 0.263. The molecule has 6 nitrogen and oxygen atoms in total. The highest BCUT2D eigenvalue weighted by Gasteiger charge is 2.27. The van der Waals surface area contributed by atoms with Crippen molar-refractivity contribution in [3.05, 3.63) is 65.5 Å². The minimum Gasteiger partial charge on any atom is -0.329 e. The molecule has 1 aliphatic rings. The van der Waals surface area contributed by atoms with Crippen molar-refractivity contribution < 1.29 is 14.0 Å². The number of carbonyl (C=O) groups excluding carboxylic acids is 2. The van der Waals surface area contributed by atoms with E-state index in [2.05, 4.69) is 21.5 Å². The van der Waals surface area contributed by atoms with Crippen LogP contribution < -0.4 is 21.5 Å². The molecule has 1 heterocycles. The van der Waals surface area contributed by atoms with Crippen molar-refractivity contribution in [1.29, 1.82) is 0 Å². The van der Waals surface area contributed by atoms with Crippen LogP contribution in [0.5, 0.6) is 0 Å². The number of hydrogen-bond donors (Lipinski definition) is 4. The molecule has 0 radical (unpaired) electrons. The maximum absolute atomic E-state index is 13.1. The highest BCUT2D eigenvalue weighted by atomic mass is 32.2. The summed E-state index contributed by atoms with van der Waals surface area (Å²) in [5.41, 5.74) is 8.21. The van der Waals surface area contributed by atoms with E-state index < -0.39 is 11.3 Å². The maximum Gasteiger partial charge on any atom is 0.240 e. The summed E-state index contributed by atoms with van der Waals surface area (Å²) in [6.07, 6.45) is 0.566. The van der Waals surface area contributed by atoms with Crippen molar-refractivity contribution in [2.75, 3.05) is 11.1 Å². The molecule has 0 aromatic heterocycles. The van der Waals surface area contributed by atoms with E-state index in [0.29, 0.717) is 12.1 Å². The van der Waals surface area contributed by atoms with Gasteiger partial charge in [0.1, 0.15) is 17.4 Å². The molecular formula is C19H21FN4O2S. The van der Waals surface area contributed by atoms with Gasteiger partial charge in [-0.05, 0) is 37.1 Å². The van der Waals surface area contributed by atoms with Crippen molar-refractivity contribution in [1.82, 2.24) is 16.2 Å². The van der Waals surface area contributed by atoms with Crippen molar-refractivity contribution in [3.63, 3.8) is 0 Å². The molecule has 2 aromatic carbocycles. The number of halogens is 1. The van der Waals surface area contributed by atoms with E-state index in [4.69, 9.17) is 0 Å². The minimum atomic E-state index is -0.426. The van der Waals surface area contributed by atoms with Crippen molar-refractivity contribution in [2.45, 2.75) is 24.9 Å². The third-order valence-electron chi connectivity index (χ3n) is 4.03. The van der Waals surface area contributed by atoms with Gasteiger partial charge in [-0.25, -0.2) is 15.2 Å². The Labute approximate surface area is 161 Å². The molecule has 0 aliphatic carbocycles. The molecule has 1 saturated heterocycles. The Bertz CT molecular complexity index is 816. The van der Waals surface area contributed by atoms with Crippen LogP contribution in [0, 0.1) is 12.7 Å². The van der Waals surface area contributed by atoms with E-state index in [1.54, 1.807) is 6.07 Å². The third kappa shape index (κ3) is 5.78. The molecular weight excluding hydrogens is 367 g/mol. The Morgan fingerprint density at radius 2 is 1.96 bits per heavy atom. The smallest absolute Gasteiger partial charge is 0.240 e. The van der Waals surface area contributed by atoms with Crippen LogP contribution in [0.2, 0.25) is 0 Å². The standard InChI is InChI=1S/C19H21FN4O2S/c1-12-5-7-13(8-6-12)9-16-18(26)22-19(24-23-16)27-11-17(25)21-15-4-2-3-14(20)10-15/h2-8,10,16,19,23-24H,9,11H2,1H3,(H,21,25)(H,22,26). The summed E-state index contributed by atoms with van der Waals surface area (Å²) in [6.45, 7) is 2.02. The number of aryl methyl sites for hydroxylation is 1. The minimum absolute atomic E-state index is 0.110. The highest BCUT2D eigenvalue weighted by molar-refractivity contribution is 8.00. The maximum atomic E-state index is 13.1. The normalized spacial score (nSPS) is 19.4. The first-order valence-electron chi connectivity index (χ1n) is 8.53. The van der Waals surface area contributed by atoms with Crippen LogP contribution >= 0.6 is 11.8 Å². The first-order chi connectivity index (χ1) is 13.0. The second-order valence-electron chi connectivity index (χ2n) is 6.29. The Morgan fingerprint density at radius 1 is 1.19 bits per heavy atom. The van der Waals surface area contributed by atoms with Gasteiger partial charge < -0.3 is 10.6 Å². The summed E-state index contributed by atoms with van der Waals surface area (Å²) in [4.78, 5) is 24.2. The monoisotopic (exact) mass is 388 g/mol. The summed E-state index contributed by atoms with van der Waals surface area (Å²) >= 11 is 1.23. The molecule has 8 heteroatoms. The quantitative estimate of drug-likeness (QED) is 0.608. The van der Waals surface area contributed by atoms with E-state index in [1.807, 2.05) is 31.2 Å². The van der Waals surface area contributed by atoms with Gasteiger partial charge in [0.05, 0.1) is 5.75 Å². The van der Waals surface area contributed by atoms with Gasteiger partial charge in [-0.2, -0.15) is 0 Å². The lowest BCUT2D eigenvalue weighted by atomic mass is 10.0. The van der Waals surface area contributed by atoms with E-state index >= 15 is 0 Å². The predicted molar refractivity (Wildman–Crippen MR) is 104 cm³/mol. The molecule has 2 atom stereocenters. The SMILES string of the molecule is Cc1ccc(CC2NNC(SCC(=O)Nc3cccc(F)c3)NC2=O)cc1. The Kier molecular flexibility index (Phi) is 6.44. The Hall–Kier alpha value is -2.42. The fourth-order valence-electron chi connectivity index (χ4n) is 2.62. The van der Waals surface area contributed by atoms with Crippen LogP contribution in [0.1, 0.15) is 11.1 Å². The largest absolute Gasteiger partial charge is 0.329 e. The molecule has 2 unspecified atom stereocenters. The van der Waals surface area contributed by atoms with Crippen LogP contribution in [-0.2, 0) is 16.0 Å². The lowest BCUT2D eigenvalue weighted by Gasteiger charge is -2.31. The first kappa shape index (κ1) is 19.3. The van der Waals surface area contributed by atoms with Crippen molar-refractivity contribution in [2.24, 2.45) is 0 Å². The van der Waals surface area contributed by atoms with Crippen LogP contribution in [0.3, 0.4) is 0 Å². The van der Waals surface area contributed by atoms with E-state index in [0.717, 1.165) is 5.56 Å². The Morgan fingerprint density at radius 3 is 2.67 bits per heavy atom. The van der Waals surface area contributed by atoms with E-state index in [9.17, 15) is 14.0 Å². The molecule has 0 bridgehead atoms. The van der Waals surface area contributed by atoms with Crippen molar-refractivity contribution >= 4 is 29.3 Å². The van der Waals surface area contributed by atoms with Crippen molar-refractivity contribution in [3.8, 4) is 0 Å². The molecule has 1 fully saturated rings. The summed E-state index contributed by atoms with van der Waals surface area (Å²) in [5, 5.41) is 5.46. The average Bonchev–Trinajstić information content (AvgIpc) is 2.64. The number of thioether (sulfide) groups is 1. The zero-order valence-electron chi connectivity index (χ0n) is 14.8. The van der Waals surface area contributed by atoms with Crippen LogP contribution in [-0.4, -0.2) is 29.1 Å². The topological polar surface area (TPSA) is 82.3 Å². The van der Waals surface area contributed by atoms with Crippen LogP contribution in [0.4, 0.5) is 10.1 Å². The Balaban J connectivity index is 1.43. The molecule has 2 amide bonds. The van der Waals surface area contributed by atoms with Gasteiger partial charge in [-0.15, -0.1) is 11.8 Å².